The molecule has 0 amide bonds. The Balaban J connectivity index is 0.0000000847. The van der Waals surface area contributed by atoms with Crippen LogP contribution in [-0.4, -0.2) is 39.9 Å². The number of nitrogens with zero attached hydrogens (tertiary/aromatic N) is 12. The van der Waals surface area contributed by atoms with Gasteiger partial charge in [-0.3, -0.25) is 39.9 Å². The van der Waals surface area contributed by atoms with Crippen molar-refractivity contribution in [2.45, 2.75) is 77.0 Å². The third-order valence-electron chi connectivity index (χ3n) is 25.7. The fourth-order valence-corrected chi connectivity index (χ4v) is 21.0. The molecule has 528 valence electrons. The summed E-state index contributed by atoms with van der Waals surface area (Å²) in [5.41, 5.74) is 59.0. The quantitative estimate of drug-likeness (QED) is 0.144. The van der Waals surface area contributed by atoms with Crippen LogP contribution in [-0.2, 0) is 77.0 Å². The molecule has 0 saturated carbocycles. The van der Waals surface area contributed by atoms with Gasteiger partial charge in [0.15, 0.2) is 0 Å². The molecule has 16 aromatic rings. The molecule has 8 aliphatic heterocycles. The first-order valence-corrected chi connectivity index (χ1v) is 39.2. The number of anilines is 12. The van der Waals surface area contributed by atoms with E-state index in [2.05, 4.69) is 231 Å². The lowest BCUT2D eigenvalue weighted by Gasteiger charge is -2.40. The van der Waals surface area contributed by atoms with E-state index in [1.54, 1.807) is 0 Å². The molecule has 0 spiro atoms. The predicted molar refractivity (Wildman–Crippen MR) is 442 cm³/mol. The molecule has 12 heteroatoms. The fraction of sp³-hybridized carbons (Fsp3) is 0.120. The van der Waals surface area contributed by atoms with E-state index in [0.717, 1.165) is 77.0 Å². The van der Waals surface area contributed by atoms with Crippen LogP contribution in [0.1, 0.15) is 134 Å². The number of hydrogen-bond acceptors (Lipinski definition) is 12. The highest BCUT2D eigenvalue weighted by Crippen LogP contribution is 2.61. The molecule has 8 aromatic carbocycles. The summed E-state index contributed by atoms with van der Waals surface area (Å²) in [6, 6.07) is 66.9. The van der Waals surface area contributed by atoms with Crippen molar-refractivity contribution in [3.05, 3.63) is 403 Å². The Morgan fingerprint density at radius 2 is 0.438 bits per heavy atom. The fourth-order valence-electron chi connectivity index (χ4n) is 21.0. The Morgan fingerprint density at radius 3 is 0.866 bits per heavy atom. The minimum absolute atomic E-state index is 0.873. The van der Waals surface area contributed by atoms with E-state index in [9.17, 15) is 0 Å². The average molecular weight is 1440 g/mol. The molecular formula is C100H68N12. The highest BCUT2D eigenvalue weighted by atomic mass is 15.2. The van der Waals surface area contributed by atoms with Crippen molar-refractivity contribution in [2.24, 2.45) is 0 Å². The van der Waals surface area contributed by atoms with Crippen molar-refractivity contribution in [3.8, 4) is 44.5 Å². The van der Waals surface area contributed by atoms with Gasteiger partial charge in [0.2, 0.25) is 0 Å². The highest BCUT2D eigenvalue weighted by Gasteiger charge is 2.42. The lowest BCUT2D eigenvalue weighted by molar-refractivity contribution is 0.953. The van der Waals surface area contributed by atoms with Crippen LogP contribution in [0.4, 0.5) is 68.2 Å². The number of pyridine rings is 8. The average Bonchev–Trinajstić information content (AvgIpc) is 1.35. The summed E-state index contributed by atoms with van der Waals surface area (Å²) < 4.78 is 0. The molecule has 8 aromatic heterocycles. The van der Waals surface area contributed by atoms with E-state index < -0.39 is 0 Å². The minimum Gasteiger partial charge on any atom is -0.308 e. The molecule has 112 heavy (non-hydrogen) atoms. The molecule has 0 N–H and O–H groups in total. The van der Waals surface area contributed by atoms with Crippen LogP contribution in [0, 0.1) is 0 Å². The Hall–Kier alpha value is -13.8. The second-order valence-corrected chi connectivity index (χ2v) is 31.7. The Labute approximate surface area is 647 Å². The molecule has 16 heterocycles. The van der Waals surface area contributed by atoms with Crippen molar-refractivity contribution in [2.75, 3.05) is 19.6 Å². The number of aromatic nitrogens is 8. The van der Waals surface area contributed by atoms with E-state index >= 15 is 0 Å². The zero-order valence-electron chi connectivity index (χ0n) is 61.3. The van der Waals surface area contributed by atoms with E-state index in [-0.39, 0.29) is 0 Å². The summed E-state index contributed by atoms with van der Waals surface area (Å²) in [6.45, 7) is 0. The molecule has 0 bridgehead atoms. The zero-order chi connectivity index (χ0) is 73.0. The summed E-state index contributed by atoms with van der Waals surface area (Å²) in [5, 5.41) is 0. The van der Waals surface area contributed by atoms with E-state index in [4.69, 9.17) is 9.97 Å². The summed E-state index contributed by atoms with van der Waals surface area (Å²) >= 11 is 0. The van der Waals surface area contributed by atoms with Gasteiger partial charge in [0.05, 0.1) is 92.0 Å². The molecular weight excluding hydrogens is 1370 g/mol. The first kappa shape index (κ1) is 62.1. The van der Waals surface area contributed by atoms with Crippen molar-refractivity contribution in [1.82, 2.24) is 39.9 Å². The Bertz CT molecular complexity index is 5980. The SMILES string of the molecule is c1ccc2c(c1)Cc1ccc3c(c1-2)N1c2ccncc2Cc2ccnc(c21)C3.c1ccc2c(c1)Cc1ccc3c(c1-2)N1c2ccncc2Cc2cncc(c21)C3.c1ccc2c(c1)Cc1ccc3c(c1-2)N1c2cnccc2Cc2cncc(c21)C3.c1ccc2c(c1)Cc1ccc3c(c1-2)N1c2cnccc2Cc2nccc(c21)C3. The van der Waals surface area contributed by atoms with Gasteiger partial charge < -0.3 is 19.6 Å². The van der Waals surface area contributed by atoms with Crippen molar-refractivity contribution in [3.63, 3.8) is 0 Å². The highest BCUT2D eigenvalue weighted by molar-refractivity contribution is 6.04. The molecule has 0 saturated heterocycles. The van der Waals surface area contributed by atoms with Crippen LogP contribution >= 0.6 is 0 Å². The van der Waals surface area contributed by atoms with Gasteiger partial charge in [-0.2, -0.15) is 0 Å². The van der Waals surface area contributed by atoms with Gasteiger partial charge in [-0.15, -0.1) is 0 Å². The van der Waals surface area contributed by atoms with E-state index in [1.165, 1.54) is 247 Å². The van der Waals surface area contributed by atoms with Crippen molar-refractivity contribution < 1.29 is 0 Å². The van der Waals surface area contributed by atoms with Gasteiger partial charge in [-0.25, -0.2) is 0 Å². The van der Waals surface area contributed by atoms with Crippen LogP contribution in [0.15, 0.2) is 269 Å². The van der Waals surface area contributed by atoms with Crippen molar-refractivity contribution >= 4 is 68.2 Å². The van der Waals surface area contributed by atoms with Crippen LogP contribution < -0.4 is 19.6 Å². The van der Waals surface area contributed by atoms with Gasteiger partial charge in [0, 0.05) is 148 Å². The van der Waals surface area contributed by atoms with Crippen LogP contribution in [0.25, 0.3) is 44.5 Å². The normalized spacial score (nSPS) is 14.6. The summed E-state index contributed by atoms with van der Waals surface area (Å²) in [5.74, 6) is 0. The summed E-state index contributed by atoms with van der Waals surface area (Å²) in [6.07, 6.45) is 39.2. The standard InChI is InChI=1S/4C25H17N3/c1-2-4-20-15(3-1)11-16-5-6-17-13-21-24-18(7-10-27-21)12-19-14-26-9-8-22(19)28(24)25(17)23(16)20;1-2-4-20-15(3-1)11-17-5-6-18-12-19-8-10-27-21-13-16-7-9-26-14-22(16)28(24(19)21)25(18)23(17)20;1-2-4-21-15(3-1)9-17-5-6-18-11-20-13-27-12-19-10-16-7-8-26-14-22(16)28(24(19)20)25(18)23(17)21;1-2-4-21-15(3-1)9-16-5-6-17-10-19-13-27-14-20-11-18-12-26-8-7-22(18)28(24(19)20)25(17)23(16)21/h2*1-10,14H,11-13H2;2*1-8,12-14H,9-11H2. The van der Waals surface area contributed by atoms with Gasteiger partial charge >= 0.3 is 0 Å². The molecule has 0 unspecified atom stereocenters. The molecule has 0 fully saturated rings. The minimum atomic E-state index is 0.873. The van der Waals surface area contributed by atoms with Crippen LogP contribution in [0.3, 0.4) is 0 Å². The monoisotopic (exact) mass is 1440 g/mol. The summed E-state index contributed by atoms with van der Waals surface area (Å²) in [7, 11) is 0. The number of hydrogen-bond donors (Lipinski definition) is 0. The smallest absolute Gasteiger partial charge is 0.0717 e. The molecule has 4 aliphatic carbocycles. The molecule has 0 atom stereocenters. The lowest BCUT2D eigenvalue weighted by Crippen LogP contribution is -2.26. The third kappa shape index (κ3) is 9.05. The molecule has 28 rings (SSSR count). The molecule has 0 radical (unpaired) electrons. The van der Waals surface area contributed by atoms with Crippen LogP contribution in [0.5, 0.6) is 0 Å². The van der Waals surface area contributed by atoms with Gasteiger partial charge in [-0.05, 0) is 207 Å². The maximum absolute atomic E-state index is 4.76. The van der Waals surface area contributed by atoms with Gasteiger partial charge in [0.1, 0.15) is 0 Å². The number of fused-ring (bicyclic) bond motifs is 32. The van der Waals surface area contributed by atoms with E-state index in [1.807, 2.05) is 86.8 Å². The maximum atomic E-state index is 4.76. The van der Waals surface area contributed by atoms with Gasteiger partial charge in [0.25, 0.3) is 0 Å². The van der Waals surface area contributed by atoms with Crippen LogP contribution in [0.2, 0.25) is 0 Å². The van der Waals surface area contributed by atoms with E-state index in [0.29, 0.717) is 0 Å². The predicted octanol–water partition coefficient (Wildman–Crippen LogP) is 21.3. The first-order chi connectivity index (χ1) is 55.5. The number of rotatable bonds is 0. The Morgan fingerprint density at radius 1 is 0.170 bits per heavy atom. The largest absolute Gasteiger partial charge is 0.308 e. The first-order valence-electron chi connectivity index (χ1n) is 39.2. The third-order valence-corrected chi connectivity index (χ3v) is 25.7. The topological polar surface area (TPSA) is 116 Å². The lowest BCUT2D eigenvalue weighted by atomic mass is 9.86. The second-order valence-electron chi connectivity index (χ2n) is 31.7. The number of benzene rings is 8. The van der Waals surface area contributed by atoms with Crippen molar-refractivity contribution in [1.29, 1.82) is 0 Å². The Kier molecular flexibility index (Phi) is 13.2. The van der Waals surface area contributed by atoms with Gasteiger partial charge in [-0.1, -0.05) is 146 Å². The molecule has 12 nitrogen and oxygen atoms in total. The molecule has 12 aliphatic rings. The zero-order valence-corrected chi connectivity index (χ0v) is 61.3. The second kappa shape index (κ2) is 23.8. The summed E-state index contributed by atoms with van der Waals surface area (Å²) in [4.78, 5) is 46.2. The maximum Gasteiger partial charge on any atom is 0.0717 e.